The van der Waals surface area contributed by atoms with E-state index in [-0.39, 0.29) is 41.9 Å². The molecule has 2 aromatic rings. The molecule has 2 aliphatic carbocycles. The zero-order chi connectivity index (χ0) is 29.3. The molecule has 7 heteroatoms. The minimum atomic E-state index is -0.703. The largest absolute Gasteiger partial charge is 0.497 e. The molecule has 3 aliphatic rings. The second kappa shape index (κ2) is 12.0. The Morgan fingerprint density at radius 2 is 1.78 bits per heavy atom. The predicted molar refractivity (Wildman–Crippen MR) is 156 cm³/mol. The van der Waals surface area contributed by atoms with E-state index >= 15 is 0 Å². The quantitative estimate of drug-likeness (QED) is 0.293. The SMILES string of the molecule is COc1ccc(F)c(C2CCC(COc3cccc(C(CC(=O)N4C(=O)OC(C)(C)C4C(C)C)C4CC4)c3)CC2)c1. The van der Waals surface area contributed by atoms with Crippen LogP contribution in [0.4, 0.5) is 9.18 Å². The van der Waals surface area contributed by atoms with Crippen molar-refractivity contribution >= 4 is 12.0 Å². The molecule has 5 rings (SSSR count). The number of hydrogen-bond donors (Lipinski definition) is 0. The third-order valence-corrected chi connectivity index (χ3v) is 9.28. The summed E-state index contributed by atoms with van der Waals surface area (Å²) < 4.78 is 31.6. The van der Waals surface area contributed by atoms with E-state index in [0.717, 1.165) is 55.4 Å². The molecule has 2 unspecified atom stereocenters. The number of carbonyl (C=O) groups is 2. The molecular formula is C34H44FNO5. The highest BCUT2D eigenvalue weighted by atomic mass is 19.1. The fraction of sp³-hybridized carbons (Fsp3) is 0.588. The summed E-state index contributed by atoms with van der Waals surface area (Å²) in [5.41, 5.74) is 1.14. The minimum absolute atomic E-state index is 0.0450. The Balaban J connectivity index is 1.19. The van der Waals surface area contributed by atoms with Gasteiger partial charge in [-0.3, -0.25) is 4.79 Å². The Bertz CT molecular complexity index is 1250. The second-order valence-corrected chi connectivity index (χ2v) is 13.1. The lowest BCUT2D eigenvalue weighted by Crippen LogP contribution is -2.48. The van der Waals surface area contributed by atoms with Gasteiger partial charge in [-0.15, -0.1) is 0 Å². The second-order valence-electron chi connectivity index (χ2n) is 13.1. The number of imide groups is 1. The van der Waals surface area contributed by atoms with Crippen LogP contribution < -0.4 is 9.47 Å². The number of amides is 2. The van der Waals surface area contributed by atoms with E-state index in [1.807, 2.05) is 45.9 Å². The van der Waals surface area contributed by atoms with Crippen molar-refractivity contribution in [3.63, 3.8) is 0 Å². The highest BCUT2D eigenvalue weighted by Gasteiger charge is 2.52. The number of methoxy groups -OCH3 is 1. The van der Waals surface area contributed by atoms with Gasteiger partial charge in [0.05, 0.1) is 19.8 Å². The lowest BCUT2D eigenvalue weighted by atomic mass is 9.79. The molecule has 41 heavy (non-hydrogen) atoms. The van der Waals surface area contributed by atoms with Gasteiger partial charge in [0.1, 0.15) is 22.9 Å². The number of hydrogen-bond acceptors (Lipinski definition) is 5. The summed E-state index contributed by atoms with van der Waals surface area (Å²) in [7, 11) is 1.61. The molecule has 1 aliphatic heterocycles. The van der Waals surface area contributed by atoms with Crippen molar-refractivity contribution in [2.24, 2.45) is 17.8 Å². The van der Waals surface area contributed by atoms with Crippen molar-refractivity contribution in [1.29, 1.82) is 0 Å². The van der Waals surface area contributed by atoms with Crippen LogP contribution in [0.3, 0.4) is 0 Å². The van der Waals surface area contributed by atoms with E-state index < -0.39 is 11.7 Å². The summed E-state index contributed by atoms with van der Waals surface area (Å²) in [6.45, 7) is 8.43. The van der Waals surface area contributed by atoms with Gasteiger partial charge in [0.15, 0.2) is 0 Å². The molecule has 0 radical (unpaired) electrons. The van der Waals surface area contributed by atoms with E-state index in [2.05, 4.69) is 12.1 Å². The molecule has 2 amide bonds. The van der Waals surface area contributed by atoms with Crippen molar-refractivity contribution < 1.29 is 28.2 Å². The zero-order valence-electron chi connectivity index (χ0n) is 25.0. The number of rotatable bonds is 10. The number of ether oxygens (including phenoxy) is 3. The summed E-state index contributed by atoms with van der Waals surface area (Å²) in [5, 5.41) is 0. The van der Waals surface area contributed by atoms with Crippen molar-refractivity contribution in [3.8, 4) is 11.5 Å². The predicted octanol–water partition coefficient (Wildman–Crippen LogP) is 7.85. The van der Waals surface area contributed by atoms with Gasteiger partial charge in [-0.05, 0) is 123 Å². The van der Waals surface area contributed by atoms with Gasteiger partial charge in [0.25, 0.3) is 0 Å². The monoisotopic (exact) mass is 565 g/mol. The molecule has 0 spiro atoms. The molecule has 2 atom stereocenters. The smallest absolute Gasteiger partial charge is 0.417 e. The Morgan fingerprint density at radius 1 is 1.05 bits per heavy atom. The number of halogens is 1. The third kappa shape index (κ3) is 6.54. The van der Waals surface area contributed by atoms with Crippen LogP contribution in [0.5, 0.6) is 11.5 Å². The van der Waals surface area contributed by atoms with Crippen molar-refractivity contribution in [2.75, 3.05) is 13.7 Å². The number of carbonyl (C=O) groups excluding carboxylic acids is 2. The van der Waals surface area contributed by atoms with Crippen LogP contribution in [-0.4, -0.2) is 42.3 Å². The summed E-state index contributed by atoms with van der Waals surface area (Å²) in [5.74, 6) is 2.39. The lowest BCUT2D eigenvalue weighted by molar-refractivity contribution is -0.131. The fourth-order valence-electron chi connectivity index (χ4n) is 7.11. The van der Waals surface area contributed by atoms with Gasteiger partial charge >= 0.3 is 6.09 Å². The summed E-state index contributed by atoms with van der Waals surface area (Å²) in [4.78, 5) is 27.6. The van der Waals surface area contributed by atoms with Crippen LogP contribution >= 0.6 is 0 Å². The molecule has 2 aromatic carbocycles. The number of benzene rings is 2. The molecule has 0 N–H and O–H groups in total. The average molecular weight is 566 g/mol. The maximum atomic E-state index is 14.5. The van der Waals surface area contributed by atoms with Gasteiger partial charge in [-0.1, -0.05) is 26.0 Å². The summed E-state index contributed by atoms with van der Waals surface area (Å²) in [6, 6.07) is 12.8. The highest BCUT2D eigenvalue weighted by Crippen LogP contribution is 2.46. The van der Waals surface area contributed by atoms with Gasteiger partial charge in [0, 0.05) is 6.42 Å². The van der Waals surface area contributed by atoms with E-state index in [1.54, 1.807) is 13.2 Å². The first kappa shape index (κ1) is 29.4. The van der Waals surface area contributed by atoms with Crippen molar-refractivity contribution in [3.05, 3.63) is 59.4 Å². The molecular weight excluding hydrogens is 521 g/mol. The Morgan fingerprint density at radius 3 is 2.44 bits per heavy atom. The average Bonchev–Trinajstić information content (AvgIpc) is 3.75. The first-order chi connectivity index (χ1) is 19.6. The van der Waals surface area contributed by atoms with Crippen molar-refractivity contribution in [2.45, 2.75) is 96.1 Å². The Labute approximate surface area is 243 Å². The standard InChI is InChI=1S/C34H44FNO5/c1-21(2)32-34(3,4)41-33(38)36(32)31(37)19-28(23-13-14-23)25-7-6-8-27(17-25)40-20-22-9-11-24(12-10-22)29-18-26(39-5)15-16-30(29)35/h6-8,15-18,21-24,28,32H,9-14,19-20H2,1-5H3. The normalized spacial score (nSPS) is 24.7. The lowest BCUT2D eigenvalue weighted by Gasteiger charge is -2.31. The summed E-state index contributed by atoms with van der Waals surface area (Å²) in [6.07, 6.45) is 5.75. The molecule has 3 fully saturated rings. The molecule has 222 valence electrons. The van der Waals surface area contributed by atoms with Gasteiger partial charge in [-0.25, -0.2) is 14.1 Å². The highest BCUT2D eigenvalue weighted by molar-refractivity contribution is 5.94. The number of nitrogens with zero attached hydrogens (tertiary/aromatic N) is 1. The van der Waals surface area contributed by atoms with Crippen LogP contribution in [0.15, 0.2) is 42.5 Å². The molecule has 0 bridgehead atoms. The van der Waals surface area contributed by atoms with Crippen LogP contribution in [0.2, 0.25) is 0 Å². The fourth-order valence-corrected chi connectivity index (χ4v) is 7.11. The zero-order valence-corrected chi connectivity index (χ0v) is 25.0. The molecule has 1 saturated heterocycles. The van der Waals surface area contributed by atoms with Gasteiger partial charge in [0.2, 0.25) is 5.91 Å². The van der Waals surface area contributed by atoms with Crippen LogP contribution in [0.1, 0.15) is 95.6 Å². The van der Waals surface area contributed by atoms with Crippen LogP contribution in [0, 0.1) is 23.6 Å². The third-order valence-electron chi connectivity index (χ3n) is 9.28. The molecule has 6 nitrogen and oxygen atoms in total. The van der Waals surface area contributed by atoms with Crippen LogP contribution in [-0.2, 0) is 9.53 Å². The van der Waals surface area contributed by atoms with Crippen molar-refractivity contribution in [1.82, 2.24) is 4.90 Å². The Kier molecular flexibility index (Phi) is 8.62. The first-order valence-corrected chi connectivity index (χ1v) is 15.2. The first-order valence-electron chi connectivity index (χ1n) is 15.2. The molecule has 0 aromatic heterocycles. The molecule has 2 saturated carbocycles. The van der Waals surface area contributed by atoms with Crippen LogP contribution in [0.25, 0.3) is 0 Å². The van der Waals surface area contributed by atoms with Gasteiger partial charge < -0.3 is 14.2 Å². The van der Waals surface area contributed by atoms with E-state index in [9.17, 15) is 14.0 Å². The van der Waals surface area contributed by atoms with E-state index in [0.29, 0.717) is 24.2 Å². The van der Waals surface area contributed by atoms with E-state index in [1.165, 1.54) is 11.0 Å². The minimum Gasteiger partial charge on any atom is -0.497 e. The Hall–Kier alpha value is -3.09. The maximum Gasteiger partial charge on any atom is 0.417 e. The number of cyclic esters (lactones) is 1. The maximum absolute atomic E-state index is 14.5. The van der Waals surface area contributed by atoms with E-state index in [4.69, 9.17) is 14.2 Å². The topological polar surface area (TPSA) is 65.1 Å². The summed E-state index contributed by atoms with van der Waals surface area (Å²) >= 11 is 0. The van der Waals surface area contributed by atoms with Gasteiger partial charge in [-0.2, -0.15) is 0 Å². The molecule has 1 heterocycles.